The molecule has 12 heteroatoms. The summed E-state index contributed by atoms with van der Waals surface area (Å²) in [7, 11) is -1.62. The first kappa shape index (κ1) is 28.0. The van der Waals surface area contributed by atoms with Gasteiger partial charge in [-0.05, 0) is 90.4 Å². The number of hydrogen-bond donors (Lipinski definition) is 3. The molecule has 0 aliphatic carbocycles. The summed E-state index contributed by atoms with van der Waals surface area (Å²) in [5, 5.41) is 6.22. The van der Waals surface area contributed by atoms with E-state index < -0.39 is 14.8 Å². The number of pyridine rings is 1. The summed E-state index contributed by atoms with van der Waals surface area (Å²) in [6, 6.07) is 6.69. The Morgan fingerprint density at radius 2 is 1.76 bits per heavy atom. The van der Waals surface area contributed by atoms with Crippen LogP contribution in [0, 0.1) is 12.7 Å². The molecule has 0 unspecified atom stereocenters. The maximum absolute atomic E-state index is 15.0. The largest absolute Gasteiger partial charge is 0.339 e. The van der Waals surface area contributed by atoms with E-state index in [2.05, 4.69) is 42.3 Å². The summed E-state index contributed by atoms with van der Waals surface area (Å²) in [6.07, 6.45) is 4.99. The fourth-order valence-corrected chi connectivity index (χ4v) is 4.99. The maximum atomic E-state index is 15.0. The molecule has 3 heterocycles. The second kappa shape index (κ2) is 11.0. The highest BCUT2D eigenvalue weighted by molar-refractivity contribution is 7.94. The van der Waals surface area contributed by atoms with Crippen LogP contribution in [-0.2, 0) is 10.0 Å². The van der Waals surface area contributed by atoms with Crippen molar-refractivity contribution in [3.05, 3.63) is 58.8 Å². The maximum Gasteiger partial charge on any atom is 0.237 e. The molecule has 38 heavy (non-hydrogen) atoms. The molecule has 0 amide bonds. The van der Waals surface area contributed by atoms with Gasteiger partial charge in [-0.1, -0.05) is 17.7 Å². The third kappa shape index (κ3) is 6.51. The second-order valence-corrected chi connectivity index (χ2v) is 13.4. The van der Waals surface area contributed by atoms with E-state index in [9.17, 15) is 12.8 Å². The molecule has 0 saturated carbocycles. The molecular weight excluding hydrogens is 529 g/mol. The molecule has 3 aromatic rings. The van der Waals surface area contributed by atoms with Crippen molar-refractivity contribution in [2.24, 2.45) is 0 Å². The lowest BCUT2D eigenvalue weighted by Crippen LogP contribution is -2.33. The highest BCUT2D eigenvalue weighted by Crippen LogP contribution is 2.32. The number of likely N-dealkylation sites (tertiary alicyclic amines) is 1. The minimum absolute atomic E-state index is 0.0239. The van der Waals surface area contributed by atoms with Crippen LogP contribution in [0.25, 0.3) is 0 Å². The third-order valence-corrected chi connectivity index (χ3v) is 8.94. The molecule has 1 saturated heterocycles. The van der Waals surface area contributed by atoms with E-state index in [1.54, 1.807) is 33.0 Å². The fraction of sp³-hybridized carbons (Fsp3) is 0.423. The number of sulfonamides is 1. The number of benzene rings is 1. The molecular formula is C26H33ClFN7O2S. The van der Waals surface area contributed by atoms with Crippen molar-refractivity contribution in [2.45, 2.75) is 51.2 Å². The Balaban J connectivity index is 1.51. The molecule has 204 valence electrons. The minimum Gasteiger partial charge on any atom is -0.339 e. The van der Waals surface area contributed by atoms with Gasteiger partial charge in [0.05, 0.1) is 22.3 Å². The average molecular weight is 562 g/mol. The number of halogens is 2. The van der Waals surface area contributed by atoms with Gasteiger partial charge in [0.1, 0.15) is 11.6 Å². The van der Waals surface area contributed by atoms with Crippen LogP contribution in [0.1, 0.15) is 50.7 Å². The van der Waals surface area contributed by atoms with Crippen LogP contribution in [0.2, 0.25) is 5.15 Å². The molecule has 1 aromatic carbocycles. The number of aryl methyl sites for hydroxylation is 1. The molecule has 0 spiro atoms. The normalized spacial score (nSPS) is 15.3. The van der Waals surface area contributed by atoms with Gasteiger partial charge in [0.2, 0.25) is 16.0 Å². The quantitative estimate of drug-likeness (QED) is 0.310. The molecule has 0 radical (unpaired) electrons. The van der Waals surface area contributed by atoms with Crippen molar-refractivity contribution < 1.29 is 12.8 Å². The summed E-state index contributed by atoms with van der Waals surface area (Å²) in [5.41, 5.74) is 2.65. The van der Waals surface area contributed by atoms with Crippen LogP contribution < -0.4 is 15.4 Å². The van der Waals surface area contributed by atoms with Crippen LogP contribution in [0.5, 0.6) is 0 Å². The van der Waals surface area contributed by atoms with E-state index in [-0.39, 0.29) is 28.5 Å². The Bertz CT molecular complexity index is 1420. The Morgan fingerprint density at radius 3 is 2.42 bits per heavy atom. The van der Waals surface area contributed by atoms with E-state index in [1.165, 1.54) is 12.3 Å². The number of piperidine rings is 1. The zero-order chi connectivity index (χ0) is 27.7. The van der Waals surface area contributed by atoms with E-state index in [0.29, 0.717) is 17.2 Å². The SMILES string of the molecule is Cc1cnc(Nc2ccc(C3CCN(C)CC3)c(F)c2)nc1Nc1cnc(Cl)c(NS(=O)(=O)C(C)(C)C)c1. The molecule has 3 N–H and O–H groups in total. The average Bonchev–Trinajstić information content (AvgIpc) is 2.83. The van der Waals surface area contributed by atoms with Crippen molar-refractivity contribution in [1.82, 2.24) is 19.9 Å². The van der Waals surface area contributed by atoms with Gasteiger partial charge in [-0.3, -0.25) is 4.72 Å². The number of aromatic nitrogens is 3. The van der Waals surface area contributed by atoms with Crippen molar-refractivity contribution in [1.29, 1.82) is 0 Å². The van der Waals surface area contributed by atoms with Crippen molar-refractivity contribution in [2.75, 3.05) is 35.5 Å². The second-order valence-electron chi connectivity index (χ2n) is 10.6. The molecule has 1 aliphatic heterocycles. The number of rotatable bonds is 7. The minimum atomic E-state index is -3.70. The van der Waals surface area contributed by atoms with Crippen LogP contribution in [0.15, 0.2) is 36.7 Å². The highest BCUT2D eigenvalue weighted by Gasteiger charge is 2.30. The molecule has 9 nitrogen and oxygen atoms in total. The first-order valence-corrected chi connectivity index (χ1v) is 14.2. The molecule has 0 atom stereocenters. The third-order valence-electron chi connectivity index (χ3n) is 6.54. The fourth-order valence-electron chi connectivity index (χ4n) is 4.04. The van der Waals surface area contributed by atoms with E-state index in [0.717, 1.165) is 37.1 Å². The summed E-state index contributed by atoms with van der Waals surface area (Å²) in [4.78, 5) is 15.2. The topological polar surface area (TPSA) is 112 Å². The van der Waals surface area contributed by atoms with Crippen LogP contribution in [0.3, 0.4) is 0 Å². The molecule has 1 fully saturated rings. The predicted molar refractivity (Wildman–Crippen MR) is 151 cm³/mol. The van der Waals surface area contributed by atoms with Crippen molar-refractivity contribution in [3.63, 3.8) is 0 Å². The standard InChI is InChI=1S/C26H33ClFN7O2S/c1-16-14-30-25(32-18-6-7-20(21(28)12-18)17-8-10-35(5)11-9-17)33-24(16)31-19-13-22(23(27)29-15-19)34-38(36,37)26(2,3)4/h6-7,12-15,17,34H,8-11H2,1-5H3,(H2,30,31,32,33). The number of nitrogens with zero attached hydrogens (tertiary/aromatic N) is 4. The number of nitrogens with one attached hydrogen (secondary N) is 3. The highest BCUT2D eigenvalue weighted by atomic mass is 35.5. The molecule has 1 aliphatic rings. The Hall–Kier alpha value is -3.02. The molecule has 2 aromatic heterocycles. The van der Waals surface area contributed by atoms with E-state index in [1.807, 2.05) is 19.1 Å². The lowest BCUT2D eigenvalue weighted by Gasteiger charge is -2.29. The molecule has 4 rings (SSSR count). The summed E-state index contributed by atoms with van der Waals surface area (Å²) in [6.45, 7) is 8.52. The van der Waals surface area contributed by atoms with Crippen LogP contribution in [0.4, 0.5) is 33.2 Å². The first-order valence-electron chi connectivity index (χ1n) is 12.4. The van der Waals surface area contributed by atoms with Gasteiger partial charge >= 0.3 is 0 Å². The van der Waals surface area contributed by atoms with Gasteiger partial charge in [-0.2, -0.15) is 4.98 Å². The summed E-state index contributed by atoms with van der Waals surface area (Å²) >= 11 is 6.15. The smallest absolute Gasteiger partial charge is 0.237 e. The number of anilines is 5. The van der Waals surface area contributed by atoms with Gasteiger partial charge in [-0.15, -0.1) is 0 Å². The predicted octanol–water partition coefficient (Wildman–Crippen LogP) is 5.81. The molecule has 0 bridgehead atoms. The monoisotopic (exact) mass is 561 g/mol. The summed E-state index contributed by atoms with van der Waals surface area (Å²) < 4.78 is 41.6. The zero-order valence-electron chi connectivity index (χ0n) is 22.1. The van der Waals surface area contributed by atoms with E-state index in [4.69, 9.17) is 11.6 Å². The van der Waals surface area contributed by atoms with Gasteiger partial charge in [0, 0.05) is 17.4 Å². The lowest BCUT2D eigenvalue weighted by atomic mass is 9.89. The lowest BCUT2D eigenvalue weighted by molar-refractivity contribution is 0.253. The summed E-state index contributed by atoms with van der Waals surface area (Å²) in [5.74, 6) is 0.727. The van der Waals surface area contributed by atoms with E-state index >= 15 is 0 Å². The number of hydrogen-bond acceptors (Lipinski definition) is 8. The van der Waals surface area contributed by atoms with Gasteiger partial charge in [0.15, 0.2) is 5.15 Å². The van der Waals surface area contributed by atoms with Gasteiger partial charge < -0.3 is 15.5 Å². The zero-order valence-corrected chi connectivity index (χ0v) is 23.7. The Kier molecular flexibility index (Phi) is 8.10. The van der Waals surface area contributed by atoms with Gasteiger partial charge in [0.25, 0.3) is 0 Å². The van der Waals surface area contributed by atoms with Crippen molar-refractivity contribution in [3.8, 4) is 0 Å². The van der Waals surface area contributed by atoms with Crippen LogP contribution >= 0.6 is 11.6 Å². The van der Waals surface area contributed by atoms with Gasteiger partial charge in [-0.25, -0.2) is 22.8 Å². The van der Waals surface area contributed by atoms with Crippen LogP contribution in [-0.4, -0.2) is 53.2 Å². The first-order chi connectivity index (χ1) is 17.8. The Labute approximate surface area is 228 Å². The Morgan fingerprint density at radius 1 is 1.05 bits per heavy atom. The van der Waals surface area contributed by atoms with Crippen molar-refractivity contribution >= 4 is 50.5 Å².